The molecule has 0 atom stereocenters. The van der Waals surface area contributed by atoms with Crippen molar-refractivity contribution < 1.29 is 5.11 Å². The molecule has 0 aromatic heterocycles. The van der Waals surface area contributed by atoms with Crippen LogP contribution in [0.3, 0.4) is 0 Å². The van der Waals surface area contributed by atoms with Crippen LogP contribution in [0.4, 0.5) is 0 Å². The summed E-state index contributed by atoms with van der Waals surface area (Å²) < 4.78 is 0. The third-order valence-electron chi connectivity index (χ3n) is 2.19. The zero-order valence-electron chi connectivity index (χ0n) is 9.07. The van der Waals surface area contributed by atoms with Crippen LogP contribution >= 0.6 is 0 Å². The topological polar surface area (TPSA) is 20.2 Å². The van der Waals surface area contributed by atoms with E-state index in [1.54, 1.807) is 12.1 Å². The summed E-state index contributed by atoms with van der Waals surface area (Å²) in [6, 6.07) is 15.1. The maximum Gasteiger partial charge on any atom is 0.117 e. The lowest BCUT2D eigenvalue weighted by atomic mass is 10.1. The van der Waals surface area contributed by atoms with Crippen molar-refractivity contribution >= 4 is 0 Å². The molecule has 1 N–H and O–H groups in total. The highest BCUT2D eigenvalue weighted by Gasteiger charge is 1.93. The Kier molecular flexibility index (Phi) is 2.93. The van der Waals surface area contributed by atoms with E-state index in [1.165, 1.54) is 0 Å². The Morgan fingerprint density at radius 2 is 1.56 bits per heavy atom. The molecule has 0 bridgehead atoms. The molecule has 0 amide bonds. The number of rotatable bonds is 0. The van der Waals surface area contributed by atoms with Gasteiger partial charge in [-0.2, -0.15) is 0 Å². The van der Waals surface area contributed by atoms with Gasteiger partial charge >= 0.3 is 0 Å². The molecule has 0 aliphatic heterocycles. The highest BCUT2D eigenvalue weighted by atomic mass is 16.3. The Morgan fingerprint density at radius 1 is 0.875 bits per heavy atom. The number of aromatic hydroxyl groups is 1. The Labute approximate surface area is 95.4 Å². The largest absolute Gasteiger partial charge is 0.508 e. The van der Waals surface area contributed by atoms with Crippen molar-refractivity contribution in [3.05, 3.63) is 65.2 Å². The smallest absolute Gasteiger partial charge is 0.117 e. The summed E-state index contributed by atoms with van der Waals surface area (Å²) in [4.78, 5) is 0. The lowest BCUT2D eigenvalue weighted by molar-refractivity contribution is 0.474. The molecule has 2 rings (SSSR count). The summed E-state index contributed by atoms with van der Waals surface area (Å²) in [7, 11) is 0. The third-order valence-corrected chi connectivity index (χ3v) is 2.19. The fraction of sp³-hybridized carbons (Fsp3) is 0.0667. The van der Waals surface area contributed by atoms with Crippen LogP contribution < -0.4 is 0 Å². The van der Waals surface area contributed by atoms with E-state index in [2.05, 4.69) is 11.8 Å². The van der Waals surface area contributed by atoms with Crippen molar-refractivity contribution in [3.63, 3.8) is 0 Å². The Balaban J connectivity index is 2.31. The van der Waals surface area contributed by atoms with Gasteiger partial charge in [0.1, 0.15) is 5.75 Å². The van der Waals surface area contributed by atoms with Crippen LogP contribution in [0.5, 0.6) is 5.75 Å². The van der Waals surface area contributed by atoms with Crippen LogP contribution in [-0.2, 0) is 0 Å². The number of aryl methyl sites for hydroxylation is 1. The van der Waals surface area contributed by atoms with E-state index >= 15 is 0 Å². The third kappa shape index (κ3) is 2.65. The molecule has 0 radical (unpaired) electrons. The minimum atomic E-state index is 0.261. The first-order chi connectivity index (χ1) is 7.74. The van der Waals surface area contributed by atoms with E-state index in [0.29, 0.717) is 0 Å². The maximum atomic E-state index is 9.42. The molecule has 2 aromatic carbocycles. The van der Waals surface area contributed by atoms with Gasteiger partial charge < -0.3 is 5.11 Å². The Hall–Kier alpha value is -2.20. The molecule has 0 aliphatic rings. The molecule has 1 nitrogen and oxygen atoms in total. The molecule has 0 saturated carbocycles. The fourth-order valence-electron chi connectivity index (χ4n) is 1.50. The monoisotopic (exact) mass is 208 g/mol. The highest BCUT2D eigenvalue weighted by Crippen LogP contribution is 2.14. The Morgan fingerprint density at radius 3 is 2.25 bits per heavy atom. The van der Waals surface area contributed by atoms with E-state index < -0.39 is 0 Å². The lowest BCUT2D eigenvalue weighted by Crippen LogP contribution is -1.78. The molecule has 1 heteroatoms. The van der Waals surface area contributed by atoms with Crippen LogP contribution in [0.15, 0.2) is 48.5 Å². The number of phenols is 1. The number of hydrogen-bond donors (Lipinski definition) is 1. The minimum Gasteiger partial charge on any atom is -0.508 e. The van der Waals surface area contributed by atoms with Crippen molar-refractivity contribution in [2.45, 2.75) is 6.92 Å². The quantitative estimate of drug-likeness (QED) is 0.659. The van der Waals surface area contributed by atoms with Crippen molar-refractivity contribution in [1.29, 1.82) is 0 Å². The molecular formula is C15H12O. The lowest BCUT2D eigenvalue weighted by Gasteiger charge is -1.96. The molecule has 16 heavy (non-hydrogen) atoms. The normalized spacial score (nSPS) is 9.31. The first-order valence-corrected chi connectivity index (χ1v) is 5.12. The molecule has 0 aliphatic carbocycles. The second kappa shape index (κ2) is 4.55. The van der Waals surface area contributed by atoms with Gasteiger partial charge in [-0.05, 0) is 42.8 Å². The highest BCUT2D eigenvalue weighted by molar-refractivity contribution is 5.46. The van der Waals surface area contributed by atoms with Gasteiger partial charge in [0.05, 0.1) is 0 Å². The second-order valence-corrected chi connectivity index (χ2v) is 3.67. The molecule has 0 saturated heterocycles. The molecular weight excluding hydrogens is 196 g/mol. The summed E-state index contributed by atoms with van der Waals surface area (Å²) in [6.45, 7) is 1.94. The van der Waals surface area contributed by atoms with Gasteiger partial charge in [-0.3, -0.25) is 0 Å². The fourth-order valence-corrected chi connectivity index (χ4v) is 1.50. The van der Waals surface area contributed by atoms with Crippen LogP contribution in [0.25, 0.3) is 0 Å². The van der Waals surface area contributed by atoms with Crippen molar-refractivity contribution in [2.75, 3.05) is 0 Å². The van der Waals surface area contributed by atoms with Crippen molar-refractivity contribution in [1.82, 2.24) is 0 Å². The van der Waals surface area contributed by atoms with Crippen LogP contribution in [-0.4, -0.2) is 5.11 Å². The van der Waals surface area contributed by atoms with Gasteiger partial charge in [0.25, 0.3) is 0 Å². The van der Waals surface area contributed by atoms with Gasteiger partial charge in [0.15, 0.2) is 0 Å². The van der Waals surface area contributed by atoms with E-state index in [-0.39, 0.29) is 5.75 Å². The minimum absolute atomic E-state index is 0.261. The number of phenolic OH excluding ortho intramolecular Hbond substituents is 1. The molecule has 0 heterocycles. The van der Waals surface area contributed by atoms with E-state index in [0.717, 1.165) is 16.7 Å². The molecule has 0 unspecified atom stereocenters. The molecule has 0 fully saturated rings. The van der Waals surface area contributed by atoms with Crippen LogP contribution in [0.2, 0.25) is 0 Å². The predicted molar refractivity (Wildman–Crippen MR) is 65.3 cm³/mol. The zero-order chi connectivity index (χ0) is 11.4. The molecule has 2 aromatic rings. The average molecular weight is 208 g/mol. The number of benzene rings is 2. The van der Waals surface area contributed by atoms with Crippen LogP contribution in [0, 0.1) is 18.8 Å². The average Bonchev–Trinajstić information content (AvgIpc) is 2.27. The number of hydrogen-bond acceptors (Lipinski definition) is 1. The van der Waals surface area contributed by atoms with Crippen molar-refractivity contribution in [3.8, 4) is 17.6 Å². The van der Waals surface area contributed by atoms with Crippen LogP contribution in [0.1, 0.15) is 16.7 Å². The van der Waals surface area contributed by atoms with Gasteiger partial charge in [0, 0.05) is 11.1 Å². The van der Waals surface area contributed by atoms with E-state index in [4.69, 9.17) is 0 Å². The summed E-state index contributed by atoms with van der Waals surface area (Å²) in [5.41, 5.74) is 2.82. The predicted octanol–water partition coefficient (Wildman–Crippen LogP) is 3.10. The summed E-state index contributed by atoms with van der Waals surface area (Å²) in [5, 5.41) is 9.42. The zero-order valence-corrected chi connectivity index (χ0v) is 9.07. The first-order valence-electron chi connectivity index (χ1n) is 5.12. The molecule has 0 spiro atoms. The SMILES string of the molecule is Cc1cc(O)cc(C#Cc2ccccc2)c1. The first kappa shape index (κ1) is 10.3. The van der Waals surface area contributed by atoms with Gasteiger partial charge in [-0.1, -0.05) is 30.0 Å². The summed E-state index contributed by atoms with van der Waals surface area (Å²) >= 11 is 0. The van der Waals surface area contributed by atoms with Crippen molar-refractivity contribution in [2.24, 2.45) is 0 Å². The van der Waals surface area contributed by atoms with Gasteiger partial charge in [-0.15, -0.1) is 0 Å². The van der Waals surface area contributed by atoms with E-state index in [1.807, 2.05) is 43.3 Å². The summed E-state index contributed by atoms with van der Waals surface area (Å²) in [5.74, 6) is 6.35. The second-order valence-electron chi connectivity index (χ2n) is 3.67. The van der Waals surface area contributed by atoms with E-state index in [9.17, 15) is 5.11 Å². The maximum absolute atomic E-state index is 9.42. The molecule has 78 valence electrons. The summed E-state index contributed by atoms with van der Waals surface area (Å²) in [6.07, 6.45) is 0. The standard InChI is InChI=1S/C15H12O/c1-12-9-14(11-15(16)10-12)8-7-13-5-3-2-4-6-13/h2-6,9-11,16H,1H3. The van der Waals surface area contributed by atoms with Gasteiger partial charge in [-0.25, -0.2) is 0 Å². The van der Waals surface area contributed by atoms with Gasteiger partial charge in [0.2, 0.25) is 0 Å². The Bertz CT molecular complexity index is 524.